The molecule has 0 aliphatic heterocycles. The standard InChI is InChI=1S/C6H9N3O2/c7-4-1-3(11-9)2-5(8)6(4)10/h1-2,10H,7-9H2. The van der Waals surface area contributed by atoms with Crippen LogP contribution in [0.2, 0.25) is 0 Å². The Morgan fingerprint density at radius 2 is 1.64 bits per heavy atom. The van der Waals surface area contributed by atoms with Crippen LogP contribution in [0.15, 0.2) is 12.1 Å². The van der Waals surface area contributed by atoms with Gasteiger partial charge in [-0.25, -0.2) is 0 Å². The van der Waals surface area contributed by atoms with E-state index < -0.39 is 0 Å². The maximum atomic E-state index is 9.08. The van der Waals surface area contributed by atoms with E-state index in [1.165, 1.54) is 12.1 Å². The zero-order valence-electron chi connectivity index (χ0n) is 5.74. The van der Waals surface area contributed by atoms with Crippen LogP contribution in [0.3, 0.4) is 0 Å². The number of rotatable bonds is 1. The molecule has 0 radical (unpaired) electrons. The lowest BCUT2D eigenvalue weighted by atomic mass is 10.2. The quantitative estimate of drug-likeness (QED) is 0.255. The van der Waals surface area contributed by atoms with Gasteiger partial charge in [0.25, 0.3) is 0 Å². The van der Waals surface area contributed by atoms with Gasteiger partial charge in [-0.15, -0.1) is 0 Å². The Hall–Kier alpha value is -1.62. The largest absolute Gasteiger partial charge is 0.504 e. The van der Waals surface area contributed by atoms with E-state index in [1.54, 1.807) is 0 Å². The minimum absolute atomic E-state index is 0.144. The van der Waals surface area contributed by atoms with Gasteiger partial charge in [0.05, 0.1) is 11.4 Å². The second-order valence-corrected chi connectivity index (χ2v) is 2.07. The number of benzene rings is 1. The third-order valence-corrected chi connectivity index (χ3v) is 1.28. The van der Waals surface area contributed by atoms with Gasteiger partial charge < -0.3 is 21.4 Å². The maximum Gasteiger partial charge on any atom is 0.161 e. The topological polar surface area (TPSA) is 108 Å². The van der Waals surface area contributed by atoms with Crippen LogP contribution in [-0.4, -0.2) is 5.11 Å². The van der Waals surface area contributed by atoms with Gasteiger partial charge in [0.1, 0.15) is 0 Å². The highest BCUT2D eigenvalue weighted by molar-refractivity contribution is 5.69. The van der Waals surface area contributed by atoms with Gasteiger partial charge in [-0.2, -0.15) is 5.90 Å². The van der Waals surface area contributed by atoms with Gasteiger partial charge in [0.15, 0.2) is 11.5 Å². The number of anilines is 2. The predicted octanol–water partition coefficient (Wildman–Crippen LogP) is -0.191. The summed E-state index contributed by atoms with van der Waals surface area (Å²) in [5.74, 6) is 5.01. The smallest absolute Gasteiger partial charge is 0.161 e. The lowest BCUT2D eigenvalue weighted by Crippen LogP contribution is -2.03. The van der Waals surface area contributed by atoms with Gasteiger partial charge in [-0.3, -0.25) is 0 Å². The molecule has 5 nitrogen and oxygen atoms in total. The summed E-state index contributed by atoms with van der Waals surface area (Å²) in [7, 11) is 0. The van der Waals surface area contributed by atoms with Crippen molar-refractivity contribution in [2.24, 2.45) is 5.90 Å². The third kappa shape index (κ3) is 1.27. The first-order valence-corrected chi connectivity index (χ1v) is 2.90. The fourth-order valence-corrected chi connectivity index (χ4v) is 0.720. The highest BCUT2D eigenvalue weighted by atomic mass is 16.6. The second kappa shape index (κ2) is 2.55. The van der Waals surface area contributed by atoms with E-state index in [2.05, 4.69) is 4.84 Å². The van der Waals surface area contributed by atoms with Crippen LogP contribution in [0.25, 0.3) is 0 Å². The predicted molar refractivity (Wildman–Crippen MR) is 41.7 cm³/mol. The lowest BCUT2D eigenvalue weighted by Gasteiger charge is -2.04. The molecule has 0 aromatic heterocycles. The number of nitrogens with two attached hydrogens (primary N) is 3. The van der Waals surface area contributed by atoms with E-state index in [0.29, 0.717) is 5.75 Å². The molecule has 0 aliphatic rings. The molecule has 1 rings (SSSR count). The summed E-state index contributed by atoms with van der Waals surface area (Å²) in [4.78, 5) is 4.36. The van der Waals surface area contributed by atoms with Gasteiger partial charge in [0, 0.05) is 12.1 Å². The Labute approximate surface area is 63.3 Å². The molecule has 11 heavy (non-hydrogen) atoms. The molecule has 0 aliphatic carbocycles. The first-order chi connectivity index (χ1) is 5.15. The Kier molecular flexibility index (Phi) is 1.74. The van der Waals surface area contributed by atoms with E-state index in [9.17, 15) is 0 Å². The molecule has 0 fully saturated rings. The number of phenols is 1. The summed E-state index contributed by atoms with van der Waals surface area (Å²) in [5, 5.41) is 9.08. The van der Waals surface area contributed by atoms with Crippen molar-refractivity contribution in [2.45, 2.75) is 0 Å². The van der Waals surface area contributed by atoms with Gasteiger partial charge in [-0.1, -0.05) is 0 Å². The van der Waals surface area contributed by atoms with Crippen molar-refractivity contribution in [1.82, 2.24) is 0 Å². The molecule has 1 aromatic carbocycles. The first-order valence-electron chi connectivity index (χ1n) is 2.90. The summed E-state index contributed by atoms with van der Waals surface area (Å²) < 4.78 is 0. The van der Waals surface area contributed by atoms with Crippen LogP contribution in [0.1, 0.15) is 0 Å². The van der Waals surface area contributed by atoms with Crippen molar-refractivity contribution in [3.05, 3.63) is 12.1 Å². The van der Waals surface area contributed by atoms with Crippen LogP contribution in [0.5, 0.6) is 11.5 Å². The SMILES string of the molecule is NOc1cc(N)c(O)c(N)c1. The molecule has 0 unspecified atom stereocenters. The second-order valence-electron chi connectivity index (χ2n) is 2.07. The van der Waals surface area contributed by atoms with Gasteiger partial charge in [-0.05, 0) is 0 Å². The lowest BCUT2D eigenvalue weighted by molar-refractivity contribution is 0.334. The zero-order valence-corrected chi connectivity index (χ0v) is 5.74. The molecule has 0 heterocycles. The summed E-state index contributed by atoms with van der Waals surface area (Å²) >= 11 is 0. The first kappa shape index (κ1) is 7.49. The molecule has 60 valence electrons. The molecule has 0 saturated carbocycles. The summed E-state index contributed by atoms with van der Waals surface area (Å²) in [6, 6.07) is 2.76. The van der Waals surface area contributed by atoms with E-state index >= 15 is 0 Å². The maximum absolute atomic E-state index is 9.08. The molecule has 0 spiro atoms. The monoisotopic (exact) mass is 155 g/mol. The number of phenolic OH excluding ortho intramolecular Hbond substituents is 1. The number of aromatic hydroxyl groups is 1. The fourth-order valence-electron chi connectivity index (χ4n) is 0.720. The summed E-state index contributed by atoms with van der Waals surface area (Å²) in [5.41, 5.74) is 11.0. The van der Waals surface area contributed by atoms with Crippen molar-refractivity contribution in [3.63, 3.8) is 0 Å². The van der Waals surface area contributed by atoms with E-state index in [4.69, 9.17) is 22.5 Å². The number of hydrogen-bond acceptors (Lipinski definition) is 5. The Balaban J connectivity index is 3.21. The molecular weight excluding hydrogens is 146 g/mol. The average Bonchev–Trinajstić information content (AvgIpc) is 1.99. The fraction of sp³-hybridized carbons (Fsp3) is 0. The molecule has 0 atom stereocenters. The summed E-state index contributed by atoms with van der Waals surface area (Å²) in [6.45, 7) is 0. The third-order valence-electron chi connectivity index (χ3n) is 1.28. The Morgan fingerprint density at radius 3 is 2.00 bits per heavy atom. The Bertz CT molecular complexity index is 252. The van der Waals surface area contributed by atoms with Gasteiger partial charge in [0.2, 0.25) is 0 Å². The zero-order chi connectivity index (χ0) is 8.43. The van der Waals surface area contributed by atoms with Crippen LogP contribution in [-0.2, 0) is 0 Å². The van der Waals surface area contributed by atoms with Crippen molar-refractivity contribution in [3.8, 4) is 11.5 Å². The minimum atomic E-state index is -0.147. The van der Waals surface area contributed by atoms with Crippen molar-refractivity contribution in [2.75, 3.05) is 11.5 Å². The Morgan fingerprint density at radius 1 is 1.18 bits per heavy atom. The highest BCUT2D eigenvalue weighted by Gasteiger charge is 2.04. The van der Waals surface area contributed by atoms with Crippen LogP contribution < -0.4 is 22.2 Å². The van der Waals surface area contributed by atoms with Crippen molar-refractivity contribution >= 4 is 11.4 Å². The average molecular weight is 155 g/mol. The van der Waals surface area contributed by atoms with E-state index in [0.717, 1.165) is 0 Å². The van der Waals surface area contributed by atoms with Crippen LogP contribution >= 0.6 is 0 Å². The molecular formula is C6H9N3O2. The van der Waals surface area contributed by atoms with E-state index in [1.807, 2.05) is 0 Å². The molecule has 1 aromatic rings. The minimum Gasteiger partial charge on any atom is -0.504 e. The van der Waals surface area contributed by atoms with Crippen molar-refractivity contribution < 1.29 is 9.94 Å². The molecule has 5 heteroatoms. The molecule has 0 bridgehead atoms. The van der Waals surface area contributed by atoms with Crippen molar-refractivity contribution in [1.29, 1.82) is 0 Å². The molecule has 0 saturated heterocycles. The van der Waals surface area contributed by atoms with Crippen LogP contribution in [0.4, 0.5) is 11.4 Å². The highest BCUT2D eigenvalue weighted by Crippen LogP contribution is 2.31. The van der Waals surface area contributed by atoms with Gasteiger partial charge >= 0.3 is 0 Å². The summed E-state index contributed by atoms with van der Waals surface area (Å²) in [6.07, 6.45) is 0. The molecule has 0 amide bonds. The van der Waals surface area contributed by atoms with E-state index in [-0.39, 0.29) is 17.1 Å². The molecule has 7 N–H and O–H groups in total. The normalized spacial score (nSPS) is 9.55. The van der Waals surface area contributed by atoms with Crippen LogP contribution in [0, 0.1) is 0 Å². The number of nitrogen functional groups attached to an aromatic ring is 2. The number of hydrogen-bond donors (Lipinski definition) is 4.